The van der Waals surface area contributed by atoms with Crippen LogP contribution in [0.3, 0.4) is 0 Å². The van der Waals surface area contributed by atoms with Crippen LogP contribution in [0.25, 0.3) is 0 Å². The molecule has 118 valence electrons. The second kappa shape index (κ2) is 7.71. The van der Waals surface area contributed by atoms with Gasteiger partial charge in [-0.15, -0.1) is 0 Å². The molecule has 0 fully saturated rings. The van der Waals surface area contributed by atoms with Crippen LogP contribution in [0.15, 0.2) is 22.7 Å². The summed E-state index contributed by atoms with van der Waals surface area (Å²) < 4.78 is 24.8. The second-order valence-corrected chi connectivity index (χ2v) is 7.29. The van der Waals surface area contributed by atoms with Gasteiger partial charge in [-0.2, -0.15) is 0 Å². The van der Waals surface area contributed by atoms with Crippen molar-refractivity contribution in [2.75, 3.05) is 31.2 Å². The molecule has 1 rings (SSSR count). The minimum absolute atomic E-state index is 0.0154. The Kier molecular flexibility index (Phi) is 6.56. The quantitative estimate of drug-likeness (QED) is 0.425. The topological polar surface area (TPSA) is 92.5 Å². The molecule has 0 aliphatic rings. The number of nitro groups is 1. The first-order valence-corrected chi connectivity index (χ1v) is 9.02. The van der Waals surface area contributed by atoms with Gasteiger partial charge in [-0.3, -0.25) is 10.1 Å². The van der Waals surface area contributed by atoms with E-state index in [2.05, 4.69) is 21.2 Å². The van der Waals surface area contributed by atoms with Crippen molar-refractivity contribution >= 4 is 37.3 Å². The lowest BCUT2D eigenvalue weighted by atomic mass is 10.3. The third-order valence-electron chi connectivity index (χ3n) is 2.88. The molecule has 0 spiro atoms. The van der Waals surface area contributed by atoms with Crippen molar-refractivity contribution in [2.24, 2.45) is 0 Å². The fourth-order valence-electron chi connectivity index (χ4n) is 1.80. The summed E-state index contributed by atoms with van der Waals surface area (Å²) in [6, 6.07) is 4.47. The lowest BCUT2D eigenvalue weighted by Gasteiger charge is -2.18. The van der Waals surface area contributed by atoms with Crippen LogP contribution in [0.5, 0.6) is 0 Å². The Morgan fingerprint density at radius 2 is 2.10 bits per heavy atom. The van der Waals surface area contributed by atoms with Crippen molar-refractivity contribution in [1.29, 1.82) is 0 Å². The van der Waals surface area contributed by atoms with E-state index >= 15 is 0 Å². The molecule has 0 bridgehead atoms. The van der Waals surface area contributed by atoms with E-state index in [1.54, 1.807) is 13.0 Å². The molecular formula is C12H18BrN3O4S. The Morgan fingerprint density at radius 1 is 1.43 bits per heavy atom. The zero-order valence-electron chi connectivity index (χ0n) is 11.9. The molecule has 1 N–H and O–H groups in total. The van der Waals surface area contributed by atoms with Gasteiger partial charge in [0, 0.05) is 41.9 Å². The molecule has 1 aromatic carbocycles. The van der Waals surface area contributed by atoms with Crippen LogP contribution in [-0.2, 0) is 10.0 Å². The maximum Gasteiger partial charge on any atom is 0.270 e. The lowest BCUT2D eigenvalue weighted by molar-refractivity contribution is -0.384. The molecule has 0 atom stereocenters. The van der Waals surface area contributed by atoms with E-state index < -0.39 is 14.9 Å². The number of sulfonamides is 1. The van der Waals surface area contributed by atoms with Crippen molar-refractivity contribution in [3.63, 3.8) is 0 Å². The first kappa shape index (κ1) is 17.9. The number of halogens is 1. The van der Waals surface area contributed by atoms with Crippen LogP contribution in [0.1, 0.15) is 13.3 Å². The van der Waals surface area contributed by atoms with Gasteiger partial charge >= 0.3 is 0 Å². The fraction of sp³-hybridized carbons (Fsp3) is 0.500. The molecule has 1 aromatic rings. The van der Waals surface area contributed by atoms with Crippen molar-refractivity contribution in [3.05, 3.63) is 32.8 Å². The van der Waals surface area contributed by atoms with Crippen LogP contribution >= 0.6 is 15.9 Å². The van der Waals surface area contributed by atoms with Gasteiger partial charge in [0.15, 0.2) is 0 Å². The van der Waals surface area contributed by atoms with Crippen molar-refractivity contribution < 1.29 is 13.3 Å². The molecule has 0 aliphatic heterocycles. The second-order valence-electron chi connectivity index (χ2n) is 4.46. The van der Waals surface area contributed by atoms with Crippen molar-refractivity contribution in [1.82, 2.24) is 4.31 Å². The first-order chi connectivity index (χ1) is 9.75. The third-order valence-corrected chi connectivity index (χ3v) is 4.92. The van der Waals surface area contributed by atoms with Gasteiger partial charge in [-0.05, 0) is 28.4 Å². The average Bonchev–Trinajstić information content (AvgIpc) is 2.38. The zero-order chi connectivity index (χ0) is 16.0. The van der Waals surface area contributed by atoms with E-state index in [-0.39, 0.29) is 5.69 Å². The number of anilines is 1. The molecule has 0 amide bonds. The summed E-state index contributed by atoms with van der Waals surface area (Å²) >= 11 is 3.27. The van der Waals surface area contributed by atoms with Gasteiger partial charge in [0.1, 0.15) is 0 Å². The van der Waals surface area contributed by atoms with Crippen LogP contribution in [0, 0.1) is 10.1 Å². The first-order valence-electron chi connectivity index (χ1n) is 6.38. The average molecular weight is 380 g/mol. The highest BCUT2D eigenvalue weighted by atomic mass is 79.9. The number of benzene rings is 1. The van der Waals surface area contributed by atoms with E-state index in [1.165, 1.54) is 22.7 Å². The normalized spacial score (nSPS) is 11.6. The lowest BCUT2D eigenvalue weighted by Crippen LogP contribution is -2.31. The Labute approximate surface area is 132 Å². The summed E-state index contributed by atoms with van der Waals surface area (Å²) in [4.78, 5) is 10.2. The van der Waals surface area contributed by atoms with E-state index in [9.17, 15) is 18.5 Å². The van der Waals surface area contributed by atoms with Gasteiger partial charge in [0.2, 0.25) is 10.0 Å². The number of nitro benzene ring substituents is 1. The highest BCUT2D eigenvalue weighted by Gasteiger charge is 2.13. The Balaban J connectivity index is 2.52. The van der Waals surface area contributed by atoms with Crippen LogP contribution in [0.4, 0.5) is 11.4 Å². The van der Waals surface area contributed by atoms with E-state index in [0.717, 1.165) is 5.69 Å². The van der Waals surface area contributed by atoms with Gasteiger partial charge < -0.3 is 5.32 Å². The monoisotopic (exact) mass is 379 g/mol. The van der Waals surface area contributed by atoms with Crippen LogP contribution in [-0.4, -0.2) is 43.5 Å². The smallest absolute Gasteiger partial charge is 0.270 e. The standard InChI is InChI=1S/C12H18BrN3O4S/c1-3-15(21(2,19)20)8-4-7-14-12-6-5-10(16(17)18)9-11(12)13/h5-6,9,14H,3-4,7-8H2,1-2H3. The molecule has 9 heteroatoms. The molecule has 0 aromatic heterocycles. The molecule has 0 saturated carbocycles. The molecule has 0 saturated heterocycles. The number of non-ortho nitro benzene ring substituents is 1. The zero-order valence-corrected chi connectivity index (χ0v) is 14.3. The summed E-state index contributed by atoms with van der Waals surface area (Å²) in [7, 11) is -3.16. The van der Waals surface area contributed by atoms with Crippen molar-refractivity contribution in [3.8, 4) is 0 Å². The minimum atomic E-state index is -3.16. The number of nitrogens with one attached hydrogen (secondary N) is 1. The number of rotatable bonds is 8. The van der Waals surface area contributed by atoms with Gasteiger partial charge in [0.05, 0.1) is 11.2 Å². The molecule has 21 heavy (non-hydrogen) atoms. The summed E-state index contributed by atoms with van der Waals surface area (Å²) in [6.07, 6.45) is 1.83. The fourth-order valence-corrected chi connectivity index (χ4v) is 3.23. The SMILES string of the molecule is CCN(CCCNc1ccc([N+](=O)[O-])cc1Br)S(C)(=O)=O. The predicted octanol–water partition coefficient (Wildman–Crippen LogP) is 2.44. The Hall–Kier alpha value is -1.19. The molecule has 0 unspecified atom stereocenters. The largest absolute Gasteiger partial charge is 0.384 e. The van der Waals surface area contributed by atoms with Gasteiger partial charge in [0.25, 0.3) is 5.69 Å². The van der Waals surface area contributed by atoms with E-state index in [1.807, 2.05) is 0 Å². The summed E-state index contributed by atoms with van der Waals surface area (Å²) in [5.41, 5.74) is 0.754. The van der Waals surface area contributed by atoms with Gasteiger partial charge in [-0.1, -0.05) is 6.92 Å². The number of nitrogens with zero attached hydrogens (tertiary/aromatic N) is 2. The third kappa shape index (κ3) is 5.60. The molecule has 0 aliphatic carbocycles. The number of hydrogen-bond donors (Lipinski definition) is 1. The summed E-state index contributed by atoms with van der Waals surface area (Å²) in [6.45, 7) is 3.25. The van der Waals surface area contributed by atoms with Crippen LogP contribution in [0.2, 0.25) is 0 Å². The highest BCUT2D eigenvalue weighted by Crippen LogP contribution is 2.26. The van der Waals surface area contributed by atoms with E-state index in [0.29, 0.717) is 30.5 Å². The molecule has 7 nitrogen and oxygen atoms in total. The highest BCUT2D eigenvalue weighted by molar-refractivity contribution is 9.10. The number of hydrogen-bond acceptors (Lipinski definition) is 5. The summed E-state index contributed by atoms with van der Waals surface area (Å²) in [5.74, 6) is 0. The molecule has 0 heterocycles. The Bertz CT molecular complexity index is 607. The van der Waals surface area contributed by atoms with Crippen molar-refractivity contribution in [2.45, 2.75) is 13.3 Å². The molecule has 0 radical (unpaired) electrons. The van der Waals surface area contributed by atoms with Crippen LogP contribution < -0.4 is 5.32 Å². The maximum absolute atomic E-state index is 11.4. The predicted molar refractivity (Wildman–Crippen MR) is 86.0 cm³/mol. The molecular weight excluding hydrogens is 362 g/mol. The van der Waals surface area contributed by atoms with E-state index in [4.69, 9.17) is 0 Å². The minimum Gasteiger partial charge on any atom is -0.384 e. The maximum atomic E-state index is 11.4. The Morgan fingerprint density at radius 3 is 2.57 bits per heavy atom. The summed E-state index contributed by atoms with van der Waals surface area (Å²) in [5, 5.41) is 13.7. The van der Waals surface area contributed by atoms with Gasteiger partial charge in [-0.25, -0.2) is 12.7 Å².